The molecule has 2 unspecified atom stereocenters. The molecule has 1 aromatic rings. The lowest BCUT2D eigenvalue weighted by atomic mass is 10.0. The lowest BCUT2D eigenvalue weighted by Gasteiger charge is -2.15. The Balaban J connectivity index is 1.71. The van der Waals surface area contributed by atoms with Crippen LogP contribution in [0, 0.1) is 11.8 Å². The number of hydrogen-bond acceptors (Lipinski definition) is 6. The predicted molar refractivity (Wildman–Crippen MR) is 97.6 cm³/mol. The summed E-state index contributed by atoms with van der Waals surface area (Å²) in [5, 5.41) is 10.4. The van der Waals surface area contributed by atoms with Crippen molar-refractivity contribution in [1.82, 2.24) is 20.6 Å². The minimum absolute atomic E-state index is 0.305. The Kier molecular flexibility index (Phi) is 5.20. The molecule has 1 aromatic heterocycles. The van der Waals surface area contributed by atoms with Crippen LogP contribution in [-0.4, -0.2) is 42.0 Å². The molecular formula is C16H24ClN7. The smallest absolute Gasteiger partial charge is 0.253 e. The van der Waals surface area contributed by atoms with Crippen LogP contribution in [0.15, 0.2) is 23.0 Å². The normalized spacial score (nSPS) is 27.2. The van der Waals surface area contributed by atoms with Gasteiger partial charge in [-0.3, -0.25) is 0 Å². The zero-order chi connectivity index (χ0) is 17.1. The van der Waals surface area contributed by atoms with Crippen LogP contribution in [0.3, 0.4) is 0 Å². The van der Waals surface area contributed by atoms with Crippen LogP contribution < -0.4 is 21.7 Å². The predicted octanol–water partition coefficient (Wildman–Crippen LogP) is 1.65. The van der Waals surface area contributed by atoms with Crippen molar-refractivity contribution in [3.8, 4) is 0 Å². The number of amidine groups is 1. The number of anilines is 1. The molecule has 0 amide bonds. The van der Waals surface area contributed by atoms with Gasteiger partial charge in [-0.2, -0.15) is 9.98 Å². The van der Waals surface area contributed by atoms with Gasteiger partial charge in [-0.25, -0.2) is 4.98 Å². The molecule has 1 saturated heterocycles. The van der Waals surface area contributed by atoms with Gasteiger partial charge in [0.25, 0.3) is 5.95 Å². The highest BCUT2D eigenvalue weighted by molar-refractivity contribution is 6.32. The molecule has 2 aliphatic rings. The van der Waals surface area contributed by atoms with Gasteiger partial charge in [-0.1, -0.05) is 11.6 Å². The van der Waals surface area contributed by atoms with Crippen molar-refractivity contribution < 1.29 is 0 Å². The van der Waals surface area contributed by atoms with E-state index in [0.29, 0.717) is 28.7 Å². The van der Waals surface area contributed by atoms with Crippen molar-refractivity contribution in [2.24, 2.45) is 22.6 Å². The number of nitrogens with two attached hydrogens (primary N) is 1. The summed E-state index contributed by atoms with van der Waals surface area (Å²) < 4.78 is 0. The van der Waals surface area contributed by atoms with E-state index >= 15 is 0 Å². The Morgan fingerprint density at radius 1 is 1.42 bits per heavy atom. The molecule has 3 rings (SSSR count). The highest BCUT2D eigenvalue weighted by Gasteiger charge is 2.37. The third kappa shape index (κ3) is 3.96. The fourth-order valence-corrected chi connectivity index (χ4v) is 3.58. The van der Waals surface area contributed by atoms with Gasteiger partial charge in [0.15, 0.2) is 5.82 Å². The van der Waals surface area contributed by atoms with Gasteiger partial charge in [0.1, 0.15) is 10.9 Å². The monoisotopic (exact) mass is 349 g/mol. The Morgan fingerprint density at radius 3 is 2.79 bits per heavy atom. The fraction of sp³-hybridized carbons (Fsp3) is 0.562. The van der Waals surface area contributed by atoms with E-state index in [0.717, 1.165) is 43.5 Å². The van der Waals surface area contributed by atoms with E-state index in [4.69, 9.17) is 17.3 Å². The first-order valence-corrected chi connectivity index (χ1v) is 8.63. The first-order chi connectivity index (χ1) is 11.5. The summed E-state index contributed by atoms with van der Waals surface area (Å²) in [5.41, 5.74) is 6.80. The number of nitrogens with one attached hydrogen (secondary N) is 3. The van der Waals surface area contributed by atoms with Gasteiger partial charge in [0.05, 0.1) is 6.20 Å². The molecule has 130 valence electrons. The SMILES string of the molecule is CN/C(C)=C\C(N)=N/c1ncc(Cl)c(NC2CC3CNCC3C2)n1. The van der Waals surface area contributed by atoms with Gasteiger partial charge in [-0.05, 0) is 50.8 Å². The molecule has 1 aliphatic carbocycles. The standard InChI is InChI=1S/C16H24ClN7/c1-9(19-2)3-14(18)23-16-21-8-13(17)15(24-16)22-12-4-10-6-20-7-11(10)5-12/h3,8,10-12,19-20H,4-7H2,1-2H3,(H3,18,21,22,23,24)/b9-3-. The van der Waals surface area contributed by atoms with Crippen LogP contribution in [0.1, 0.15) is 19.8 Å². The van der Waals surface area contributed by atoms with Crippen molar-refractivity contribution in [3.05, 3.63) is 23.0 Å². The van der Waals surface area contributed by atoms with Crippen molar-refractivity contribution in [1.29, 1.82) is 0 Å². The molecule has 0 aromatic carbocycles. The summed E-state index contributed by atoms with van der Waals surface area (Å²) in [6.45, 7) is 4.14. The first kappa shape index (κ1) is 17.0. The second-order valence-electron chi connectivity index (χ2n) is 6.47. The van der Waals surface area contributed by atoms with Gasteiger partial charge >= 0.3 is 0 Å². The van der Waals surface area contributed by atoms with Gasteiger partial charge < -0.3 is 21.7 Å². The molecule has 2 fully saturated rings. The molecule has 8 heteroatoms. The lowest BCUT2D eigenvalue weighted by Crippen LogP contribution is -2.21. The van der Waals surface area contributed by atoms with E-state index < -0.39 is 0 Å². The van der Waals surface area contributed by atoms with Crippen molar-refractivity contribution >= 4 is 29.2 Å². The number of nitrogens with zero attached hydrogens (tertiary/aromatic N) is 3. The van der Waals surface area contributed by atoms with E-state index in [2.05, 4.69) is 30.9 Å². The van der Waals surface area contributed by atoms with Gasteiger partial charge in [-0.15, -0.1) is 0 Å². The number of aliphatic imine (C=N–C) groups is 1. The molecular weight excluding hydrogens is 326 g/mol. The van der Waals surface area contributed by atoms with Crippen LogP contribution in [0.5, 0.6) is 0 Å². The molecule has 1 saturated carbocycles. The molecule has 1 aliphatic heterocycles. The Morgan fingerprint density at radius 2 is 2.12 bits per heavy atom. The van der Waals surface area contributed by atoms with Crippen LogP contribution in [0.25, 0.3) is 0 Å². The maximum Gasteiger partial charge on any atom is 0.253 e. The maximum atomic E-state index is 6.24. The number of allylic oxidation sites excluding steroid dienone is 1. The third-order valence-corrected chi connectivity index (χ3v) is 4.99. The third-order valence-electron chi connectivity index (χ3n) is 4.71. The molecule has 0 radical (unpaired) electrons. The minimum Gasteiger partial charge on any atom is -0.392 e. The van der Waals surface area contributed by atoms with E-state index in [9.17, 15) is 0 Å². The fourth-order valence-electron chi connectivity index (χ4n) is 3.43. The summed E-state index contributed by atoms with van der Waals surface area (Å²) in [7, 11) is 1.83. The average Bonchev–Trinajstić information content (AvgIpc) is 3.11. The maximum absolute atomic E-state index is 6.24. The van der Waals surface area contributed by atoms with Crippen molar-refractivity contribution in [2.45, 2.75) is 25.8 Å². The summed E-state index contributed by atoms with van der Waals surface area (Å²) in [4.78, 5) is 12.8. The van der Waals surface area contributed by atoms with Gasteiger partial charge in [0, 0.05) is 18.8 Å². The molecule has 2 atom stereocenters. The average molecular weight is 350 g/mol. The zero-order valence-electron chi connectivity index (χ0n) is 14.0. The number of aromatic nitrogens is 2. The Hall–Kier alpha value is -1.86. The number of hydrogen-bond donors (Lipinski definition) is 4. The summed E-state index contributed by atoms with van der Waals surface area (Å²) in [6, 6.07) is 0.398. The first-order valence-electron chi connectivity index (χ1n) is 8.25. The summed E-state index contributed by atoms with van der Waals surface area (Å²) >= 11 is 6.24. The molecule has 2 heterocycles. The largest absolute Gasteiger partial charge is 0.392 e. The number of fused-ring (bicyclic) bond motifs is 1. The van der Waals surface area contributed by atoms with Crippen LogP contribution in [-0.2, 0) is 0 Å². The lowest BCUT2D eigenvalue weighted by molar-refractivity contribution is 0.494. The van der Waals surface area contributed by atoms with Crippen LogP contribution >= 0.6 is 11.6 Å². The summed E-state index contributed by atoms with van der Waals surface area (Å²) in [6.07, 6.45) is 5.58. The second-order valence-corrected chi connectivity index (χ2v) is 6.88. The minimum atomic E-state index is 0.305. The Bertz CT molecular complexity index is 646. The van der Waals surface area contributed by atoms with E-state index in [1.807, 2.05) is 14.0 Å². The Labute approximate surface area is 147 Å². The molecule has 24 heavy (non-hydrogen) atoms. The zero-order valence-corrected chi connectivity index (χ0v) is 14.8. The number of halogens is 1. The molecule has 0 bridgehead atoms. The van der Waals surface area contributed by atoms with E-state index in [1.54, 1.807) is 12.3 Å². The molecule has 0 spiro atoms. The second kappa shape index (κ2) is 7.36. The van der Waals surface area contributed by atoms with Crippen molar-refractivity contribution in [2.75, 3.05) is 25.5 Å². The van der Waals surface area contributed by atoms with Crippen LogP contribution in [0.4, 0.5) is 11.8 Å². The van der Waals surface area contributed by atoms with Gasteiger partial charge in [0.2, 0.25) is 0 Å². The van der Waals surface area contributed by atoms with E-state index in [1.165, 1.54) is 0 Å². The quantitative estimate of drug-likeness (QED) is 0.476. The number of rotatable bonds is 5. The van der Waals surface area contributed by atoms with Crippen molar-refractivity contribution in [3.63, 3.8) is 0 Å². The highest BCUT2D eigenvalue weighted by Crippen LogP contribution is 2.36. The molecule has 5 N–H and O–H groups in total. The topological polar surface area (TPSA) is 100 Å². The van der Waals surface area contributed by atoms with Crippen LogP contribution in [0.2, 0.25) is 5.02 Å². The molecule has 7 nitrogen and oxygen atoms in total. The highest BCUT2D eigenvalue weighted by atomic mass is 35.5. The van der Waals surface area contributed by atoms with E-state index in [-0.39, 0.29) is 0 Å². The summed E-state index contributed by atoms with van der Waals surface area (Å²) in [5.74, 6) is 2.79.